The van der Waals surface area contributed by atoms with E-state index in [-0.39, 0.29) is 0 Å². The van der Waals surface area contributed by atoms with Crippen molar-refractivity contribution in [3.05, 3.63) is 42.5 Å². The fraction of sp³-hybridized carbons (Fsp3) is 0.357. The van der Waals surface area contributed by atoms with Gasteiger partial charge in [-0.05, 0) is 30.7 Å². The van der Waals surface area contributed by atoms with Crippen LogP contribution in [-0.4, -0.2) is 16.2 Å². The number of imidazole rings is 1. The maximum absolute atomic E-state index is 5.66. The zero-order valence-electron chi connectivity index (χ0n) is 10.7. The zero-order valence-corrected chi connectivity index (χ0v) is 10.7. The highest BCUT2D eigenvalue weighted by atomic mass is 16.5. The third-order valence-electron chi connectivity index (χ3n) is 2.76. The Hall–Kier alpha value is -1.97. The fourth-order valence-electron chi connectivity index (χ4n) is 1.82. The summed E-state index contributed by atoms with van der Waals surface area (Å²) in [5.74, 6) is 1.97. The van der Waals surface area contributed by atoms with Crippen LogP contribution in [0, 0.1) is 0 Å². The summed E-state index contributed by atoms with van der Waals surface area (Å²) >= 11 is 0. The van der Waals surface area contributed by atoms with Crippen LogP contribution >= 0.6 is 0 Å². The largest absolute Gasteiger partial charge is 0.492 e. The number of nitrogens with two attached hydrogens (primary N) is 1. The first kappa shape index (κ1) is 12.5. The van der Waals surface area contributed by atoms with Crippen LogP contribution in [0.5, 0.6) is 5.75 Å². The highest BCUT2D eigenvalue weighted by molar-refractivity contribution is 5.41. The average Bonchev–Trinajstić information content (AvgIpc) is 2.80. The number of nitrogens with zero attached hydrogens (tertiary/aromatic N) is 2. The van der Waals surface area contributed by atoms with Crippen molar-refractivity contribution in [1.82, 2.24) is 9.55 Å². The number of hydrogen-bond donors (Lipinski definition) is 1. The van der Waals surface area contributed by atoms with Gasteiger partial charge in [-0.3, -0.25) is 0 Å². The van der Waals surface area contributed by atoms with E-state index in [1.165, 1.54) is 0 Å². The molecule has 2 N–H and O–H groups in total. The molecule has 0 aliphatic carbocycles. The number of aromatic nitrogens is 2. The molecule has 0 bridgehead atoms. The summed E-state index contributed by atoms with van der Waals surface area (Å²) in [4.78, 5) is 4.33. The summed E-state index contributed by atoms with van der Waals surface area (Å²) < 4.78 is 7.80. The molecule has 1 aromatic carbocycles. The molecule has 2 rings (SSSR count). The van der Waals surface area contributed by atoms with Gasteiger partial charge in [-0.25, -0.2) is 4.98 Å². The fourth-order valence-corrected chi connectivity index (χ4v) is 1.82. The molecule has 1 heterocycles. The third-order valence-corrected chi connectivity index (χ3v) is 2.76. The second-order valence-corrected chi connectivity index (χ2v) is 4.20. The molecule has 0 spiro atoms. The number of benzene rings is 1. The van der Waals surface area contributed by atoms with E-state index in [1.54, 1.807) is 0 Å². The molecular formula is C14H19N3O. The van der Waals surface area contributed by atoms with Gasteiger partial charge in [0.1, 0.15) is 18.2 Å². The van der Waals surface area contributed by atoms with Crippen LogP contribution in [0.4, 0.5) is 5.69 Å². The first-order chi connectivity index (χ1) is 8.79. The Morgan fingerprint density at radius 3 is 2.78 bits per heavy atom. The molecule has 4 nitrogen and oxygen atoms in total. The Kier molecular flexibility index (Phi) is 4.23. The van der Waals surface area contributed by atoms with E-state index in [0.717, 1.165) is 36.6 Å². The van der Waals surface area contributed by atoms with E-state index < -0.39 is 0 Å². The number of hydrogen-bond acceptors (Lipinski definition) is 3. The molecule has 0 saturated heterocycles. The molecule has 0 saturated carbocycles. The Morgan fingerprint density at radius 2 is 2.06 bits per heavy atom. The number of rotatable bonds is 6. The minimum absolute atomic E-state index is 0.636. The van der Waals surface area contributed by atoms with E-state index in [2.05, 4.69) is 16.5 Å². The third kappa shape index (κ3) is 3.26. The lowest BCUT2D eigenvalue weighted by molar-refractivity contribution is 0.296. The second-order valence-electron chi connectivity index (χ2n) is 4.20. The number of nitrogen functional groups attached to an aromatic ring is 1. The van der Waals surface area contributed by atoms with Gasteiger partial charge in [0.15, 0.2) is 0 Å². The molecule has 0 radical (unpaired) electrons. The van der Waals surface area contributed by atoms with Gasteiger partial charge in [0.2, 0.25) is 0 Å². The maximum atomic E-state index is 5.66. The zero-order chi connectivity index (χ0) is 12.8. The number of anilines is 1. The van der Waals surface area contributed by atoms with E-state index in [1.807, 2.05) is 36.7 Å². The van der Waals surface area contributed by atoms with Crippen molar-refractivity contribution in [2.45, 2.75) is 26.3 Å². The Morgan fingerprint density at radius 1 is 1.28 bits per heavy atom. The number of aryl methyl sites for hydroxylation is 1. The SMILES string of the molecule is CCCc1nccn1CCOc1ccc(N)cc1. The summed E-state index contributed by atoms with van der Waals surface area (Å²) in [6.07, 6.45) is 5.95. The van der Waals surface area contributed by atoms with Crippen LogP contribution in [0.2, 0.25) is 0 Å². The first-order valence-corrected chi connectivity index (χ1v) is 6.28. The van der Waals surface area contributed by atoms with Gasteiger partial charge in [0, 0.05) is 24.5 Å². The van der Waals surface area contributed by atoms with Gasteiger partial charge < -0.3 is 15.0 Å². The van der Waals surface area contributed by atoms with Gasteiger partial charge in [-0.15, -0.1) is 0 Å². The predicted octanol–water partition coefficient (Wildman–Crippen LogP) is 2.50. The van der Waals surface area contributed by atoms with E-state index in [4.69, 9.17) is 10.5 Å². The van der Waals surface area contributed by atoms with Crippen molar-refractivity contribution in [2.24, 2.45) is 0 Å². The van der Waals surface area contributed by atoms with Crippen LogP contribution in [0.1, 0.15) is 19.2 Å². The Bertz CT molecular complexity index is 476. The predicted molar refractivity (Wildman–Crippen MR) is 72.6 cm³/mol. The quantitative estimate of drug-likeness (QED) is 0.795. The molecule has 0 aliphatic rings. The van der Waals surface area contributed by atoms with Gasteiger partial charge in [0.25, 0.3) is 0 Å². The van der Waals surface area contributed by atoms with E-state index in [9.17, 15) is 0 Å². The highest BCUT2D eigenvalue weighted by Crippen LogP contribution is 2.13. The molecule has 2 aromatic rings. The monoisotopic (exact) mass is 245 g/mol. The topological polar surface area (TPSA) is 53.1 Å². The van der Waals surface area contributed by atoms with Crippen LogP contribution < -0.4 is 10.5 Å². The second kappa shape index (κ2) is 6.10. The molecule has 0 unspecified atom stereocenters. The molecule has 0 aliphatic heterocycles. The van der Waals surface area contributed by atoms with Crippen molar-refractivity contribution >= 4 is 5.69 Å². The molecule has 4 heteroatoms. The van der Waals surface area contributed by atoms with Crippen LogP contribution in [0.25, 0.3) is 0 Å². The van der Waals surface area contributed by atoms with Crippen LogP contribution in [0.15, 0.2) is 36.7 Å². The van der Waals surface area contributed by atoms with Crippen molar-refractivity contribution in [3.63, 3.8) is 0 Å². The Balaban J connectivity index is 1.84. The van der Waals surface area contributed by atoms with Gasteiger partial charge in [0.05, 0.1) is 6.54 Å². The van der Waals surface area contributed by atoms with Crippen LogP contribution in [0.3, 0.4) is 0 Å². The van der Waals surface area contributed by atoms with Crippen molar-refractivity contribution < 1.29 is 4.74 Å². The van der Waals surface area contributed by atoms with Gasteiger partial charge in [-0.1, -0.05) is 6.92 Å². The van der Waals surface area contributed by atoms with Crippen molar-refractivity contribution in [1.29, 1.82) is 0 Å². The molecule has 96 valence electrons. The highest BCUT2D eigenvalue weighted by Gasteiger charge is 2.01. The minimum Gasteiger partial charge on any atom is -0.492 e. The van der Waals surface area contributed by atoms with Crippen molar-refractivity contribution in [2.75, 3.05) is 12.3 Å². The summed E-state index contributed by atoms with van der Waals surface area (Å²) in [5, 5.41) is 0. The maximum Gasteiger partial charge on any atom is 0.119 e. The Labute approximate surface area is 107 Å². The minimum atomic E-state index is 0.636. The molecule has 0 fully saturated rings. The van der Waals surface area contributed by atoms with Crippen LogP contribution in [-0.2, 0) is 13.0 Å². The molecule has 1 aromatic heterocycles. The van der Waals surface area contributed by atoms with E-state index >= 15 is 0 Å². The number of ether oxygens (including phenoxy) is 1. The lowest BCUT2D eigenvalue weighted by atomic mass is 10.3. The molecule has 0 atom stereocenters. The summed E-state index contributed by atoms with van der Waals surface area (Å²) in [5.41, 5.74) is 6.37. The summed E-state index contributed by atoms with van der Waals surface area (Å²) in [7, 11) is 0. The smallest absolute Gasteiger partial charge is 0.119 e. The molecular weight excluding hydrogens is 226 g/mol. The summed E-state index contributed by atoms with van der Waals surface area (Å²) in [6.45, 7) is 3.61. The van der Waals surface area contributed by atoms with Gasteiger partial charge >= 0.3 is 0 Å². The molecule has 18 heavy (non-hydrogen) atoms. The lowest BCUT2D eigenvalue weighted by Crippen LogP contribution is -2.10. The normalized spacial score (nSPS) is 10.5. The van der Waals surface area contributed by atoms with Crippen molar-refractivity contribution in [3.8, 4) is 5.75 Å². The summed E-state index contributed by atoms with van der Waals surface area (Å²) in [6, 6.07) is 7.45. The lowest BCUT2D eigenvalue weighted by Gasteiger charge is -2.09. The van der Waals surface area contributed by atoms with Gasteiger partial charge in [-0.2, -0.15) is 0 Å². The van der Waals surface area contributed by atoms with E-state index in [0.29, 0.717) is 6.61 Å². The molecule has 0 amide bonds. The average molecular weight is 245 g/mol. The first-order valence-electron chi connectivity index (χ1n) is 6.28. The standard InChI is InChI=1S/C14H19N3O/c1-2-3-14-16-8-9-17(14)10-11-18-13-6-4-12(15)5-7-13/h4-9H,2-3,10-11,15H2,1H3.